The molecule has 2 aliphatic carbocycles. The SMILES string of the molecule is COc1ccc(CC2CCCc3cc(Cc4cc([C@@H]5O[C@H](CO)[C@@H](O)[C@H](O)[C@H]5O)ccc4Cl)ccc32)cc1.OC[C@H]1O[C@@H](c2ccc(Cl)c(Cc3ccc4c(c3)CCCC4)c2)[C@H](O)[C@@H](O)[C@@H]1O. The first-order chi connectivity index (χ1) is 32.3. The van der Waals surface area contributed by atoms with E-state index in [1.807, 2.05) is 24.3 Å². The van der Waals surface area contributed by atoms with Crippen LogP contribution in [0.5, 0.6) is 5.75 Å². The Morgan fingerprint density at radius 2 is 1.01 bits per heavy atom. The number of methoxy groups -OCH3 is 1. The molecule has 0 radical (unpaired) electrons. The number of rotatable bonds is 11. The van der Waals surface area contributed by atoms with Crippen LogP contribution >= 0.6 is 23.2 Å². The highest BCUT2D eigenvalue weighted by molar-refractivity contribution is 6.31. The number of halogens is 2. The van der Waals surface area contributed by atoms with Gasteiger partial charge in [-0.05, 0) is 156 Å². The van der Waals surface area contributed by atoms with Crippen molar-refractivity contribution in [1.29, 1.82) is 0 Å². The smallest absolute Gasteiger partial charge is 0.118 e. The second-order valence-electron chi connectivity index (χ2n) is 18.5. The first-order valence-electron chi connectivity index (χ1n) is 23.4. The minimum Gasteiger partial charge on any atom is -0.497 e. The summed E-state index contributed by atoms with van der Waals surface area (Å²) in [6, 6.07) is 32.4. The van der Waals surface area contributed by atoms with Gasteiger partial charge in [0.15, 0.2) is 0 Å². The van der Waals surface area contributed by atoms with Gasteiger partial charge in [0.05, 0.1) is 20.3 Å². The van der Waals surface area contributed by atoms with Gasteiger partial charge < -0.3 is 55.1 Å². The molecule has 5 aromatic carbocycles. The highest BCUT2D eigenvalue weighted by atomic mass is 35.5. The van der Waals surface area contributed by atoms with E-state index in [0.29, 0.717) is 39.9 Å². The average molecular weight is 958 g/mol. The number of hydrogen-bond acceptors (Lipinski definition) is 11. The van der Waals surface area contributed by atoms with Gasteiger partial charge in [0, 0.05) is 10.0 Å². The molecule has 2 saturated heterocycles. The minimum absolute atomic E-state index is 0.447. The molecule has 0 aromatic heterocycles. The average Bonchev–Trinajstić information content (AvgIpc) is 3.34. The topological polar surface area (TPSA) is 190 Å². The van der Waals surface area contributed by atoms with E-state index in [4.69, 9.17) is 37.4 Å². The largest absolute Gasteiger partial charge is 0.497 e. The Morgan fingerprint density at radius 1 is 0.522 bits per heavy atom. The van der Waals surface area contributed by atoms with E-state index in [-0.39, 0.29) is 0 Å². The fourth-order valence-electron chi connectivity index (χ4n) is 10.2. The van der Waals surface area contributed by atoms with Gasteiger partial charge in [-0.3, -0.25) is 0 Å². The molecular formula is C54H62Cl2O11. The molecule has 0 bridgehead atoms. The molecule has 0 saturated carbocycles. The van der Waals surface area contributed by atoms with Crippen molar-refractivity contribution in [2.45, 2.75) is 131 Å². The molecule has 2 aliphatic heterocycles. The van der Waals surface area contributed by atoms with Crippen LogP contribution in [0.1, 0.15) is 105 Å². The van der Waals surface area contributed by atoms with Crippen LogP contribution in [0.3, 0.4) is 0 Å². The molecule has 5 aromatic rings. The Kier molecular flexibility index (Phi) is 16.4. The zero-order valence-electron chi connectivity index (χ0n) is 37.6. The summed E-state index contributed by atoms with van der Waals surface area (Å²) in [5.74, 6) is 1.36. The van der Waals surface area contributed by atoms with E-state index < -0.39 is 74.3 Å². The lowest BCUT2D eigenvalue weighted by Gasteiger charge is -2.40. The van der Waals surface area contributed by atoms with Crippen molar-refractivity contribution in [3.05, 3.63) is 168 Å². The molecule has 1 unspecified atom stereocenters. The predicted molar refractivity (Wildman–Crippen MR) is 256 cm³/mol. The number of fused-ring (bicyclic) bond motifs is 2. The third-order valence-electron chi connectivity index (χ3n) is 14.1. The van der Waals surface area contributed by atoms with Gasteiger partial charge in [-0.25, -0.2) is 0 Å². The van der Waals surface area contributed by atoms with Crippen molar-refractivity contribution in [2.75, 3.05) is 20.3 Å². The predicted octanol–water partition coefficient (Wildman–Crippen LogP) is 6.44. The molecule has 8 N–H and O–H groups in total. The number of benzene rings is 5. The van der Waals surface area contributed by atoms with E-state index in [9.17, 15) is 40.9 Å². The number of aryl methyl sites for hydroxylation is 3. The van der Waals surface area contributed by atoms with E-state index in [0.717, 1.165) is 54.5 Å². The lowest BCUT2D eigenvalue weighted by molar-refractivity contribution is -0.231. The molecule has 9 rings (SSSR count). The molecule has 0 spiro atoms. The third kappa shape index (κ3) is 11.3. The molecule has 2 heterocycles. The Balaban J connectivity index is 0.000000188. The quantitative estimate of drug-likeness (QED) is 0.0728. The summed E-state index contributed by atoms with van der Waals surface area (Å²) in [5.41, 5.74) is 12.4. The summed E-state index contributed by atoms with van der Waals surface area (Å²) in [6.07, 6.45) is -1.45. The van der Waals surface area contributed by atoms with Gasteiger partial charge in [-0.2, -0.15) is 0 Å². The van der Waals surface area contributed by atoms with Crippen molar-refractivity contribution in [2.24, 2.45) is 0 Å². The zero-order valence-corrected chi connectivity index (χ0v) is 39.1. The Labute approximate surface area is 402 Å². The summed E-state index contributed by atoms with van der Waals surface area (Å²) in [7, 11) is 1.68. The van der Waals surface area contributed by atoms with Crippen molar-refractivity contribution in [3.63, 3.8) is 0 Å². The van der Waals surface area contributed by atoms with E-state index in [1.165, 1.54) is 52.6 Å². The maximum absolute atomic E-state index is 10.6. The Bertz CT molecular complexity index is 2440. The molecule has 11 nitrogen and oxygen atoms in total. The summed E-state index contributed by atoms with van der Waals surface area (Å²) in [6.45, 7) is -0.909. The number of hydrogen-bond donors (Lipinski definition) is 8. The zero-order chi connectivity index (χ0) is 47.4. The van der Waals surface area contributed by atoms with Crippen molar-refractivity contribution in [1.82, 2.24) is 0 Å². The molecule has 11 atom stereocenters. The molecule has 0 amide bonds. The lowest BCUT2D eigenvalue weighted by Crippen LogP contribution is -2.55. The molecule has 2 fully saturated rings. The third-order valence-corrected chi connectivity index (χ3v) is 14.8. The Morgan fingerprint density at radius 3 is 1.55 bits per heavy atom. The van der Waals surface area contributed by atoms with Crippen LogP contribution in [0.15, 0.2) is 97.1 Å². The van der Waals surface area contributed by atoms with Gasteiger partial charge in [-0.15, -0.1) is 0 Å². The van der Waals surface area contributed by atoms with E-state index in [1.54, 1.807) is 31.4 Å². The number of aliphatic hydroxyl groups excluding tert-OH is 8. The van der Waals surface area contributed by atoms with E-state index in [2.05, 4.69) is 48.5 Å². The summed E-state index contributed by atoms with van der Waals surface area (Å²) < 4.78 is 16.7. The van der Waals surface area contributed by atoms with Crippen LogP contribution in [-0.2, 0) is 48.0 Å². The second-order valence-corrected chi connectivity index (χ2v) is 19.4. The van der Waals surface area contributed by atoms with Crippen LogP contribution in [0.2, 0.25) is 10.0 Å². The number of ether oxygens (including phenoxy) is 3. The second kappa shape index (κ2) is 22.2. The summed E-state index contributed by atoms with van der Waals surface area (Å²) >= 11 is 13.0. The Hall–Kier alpha value is -3.92. The van der Waals surface area contributed by atoms with Crippen LogP contribution < -0.4 is 4.74 Å². The van der Waals surface area contributed by atoms with Gasteiger partial charge in [0.25, 0.3) is 0 Å². The minimum atomic E-state index is -1.42. The van der Waals surface area contributed by atoms with Crippen LogP contribution in [-0.4, -0.2) is 110 Å². The first-order valence-corrected chi connectivity index (χ1v) is 24.1. The fraction of sp³-hybridized carbons (Fsp3) is 0.444. The van der Waals surface area contributed by atoms with Crippen LogP contribution in [0.25, 0.3) is 0 Å². The monoisotopic (exact) mass is 956 g/mol. The molecule has 358 valence electrons. The lowest BCUT2D eigenvalue weighted by atomic mass is 9.78. The summed E-state index contributed by atoms with van der Waals surface area (Å²) in [4.78, 5) is 0. The van der Waals surface area contributed by atoms with E-state index >= 15 is 0 Å². The number of aliphatic hydroxyl groups is 8. The fourth-order valence-corrected chi connectivity index (χ4v) is 10.6. The van der Waals surface area contributed by atoms with Crippen molar-refractivity contribution in [3.8, 4) is 5.75 Å². The van der Waals surface area contributed by atoms with Gasteiger partial charge >= 0.3 is 0 Å². The molecule has 4 aliphatic rings. The van der Waals surface area contributed by atoms with Crippen LogP contribution in [0.4, 0.5) is 0 Å². The van der Waals surface area contributed by atoms with Crippen molar-refractivity contribution >= 4 is 23.2 Å². The summed E-state index contributed by atoms with van der Waals surface area (Å²) in [5, 5.41) is 81.6. The normalized spacial score (nSPS) is 28.1. The van der Waals surface area contributed by atoms with Gasteiger partial charge in [0.2, 0.25) is 0 Å². The standard InChI is InChI=1S/C31H35ClO6.C23H27ClO5/c1-37-24-9-5-18(6-10-24)13-20-3-2-4-21-14-19(7-11-25(20)21)15-23-16-22(8-12-26(23)32)31-30(36)29(35)28(34)27(17-33)38-31;24-18-8-7-16(23-22(28)21(27)20(26)19(12-25)29-23)11-17(18)10-13-5-6-14-3-1-2-4-15(14)9-13/h5-12,14,16,20,27-31,33-36H,2-4,13,15,17H2,1H3;5-9,11,19-23,25-28H,1-4,10,12H2/t20?,27-,28-,29+,30-,31+;19-,20-,21+,22-,23+/m11/s1. The van der Waals surface area contributed by atoms with Crippen LogP contribution in [0, 0.1) is 0 Å². The molecular weight excluding hydrogens is 895 g/mol. The van der Waals surface area contributed by atoms with Gasteiger partial charge in [0.1, 0.15) is 66.8 Å². The maximum Gasteiger partial charge on any atom is 0.118 e. The highest BCUT2D eigenvalue weighted by Crippen LogP contribution is 2.39. The highest BCUT2D eigenvalue weighted by Gasteiger charge is 2.45. The molecule has 67 heavy (non-hydrogen) atoms. The first kappa shape index (κ1) is 49.5. The molecule has 13 heteroatoms. The maximum atomic E-state index is 10.6. The van der Waals surface area contributed by atoms with Gasteiger partial charge in [-0.1, -0.05) is 96.0 Å². The van der Waals surface area contributed by atoms with Crippen molar-refractivity contribution < 1.29 is 55.1 Å².